The lowest BCUT2D eigenvalue weighted by Gasteiger charge is -2.50. The first-order valence-corrected chi connectivity index (χ1v) is 9.51. The molecule has 2 N–H and O–H groups in total. The van der Waals surface area contributed by atoms with Crippen molar-refractivity contribution in [2.24, 2.45) is 11.3 Å². The Labute approximate surface area is 148 Å². The molecule has 4 nitrogen and oxygen atoms in total. The van der Waals surface area contributed by atoms with Crippen LogP contribution in [0.15, 0.2) is 24.3 Å². The molecule has 1 unspecified atom stereocenters. The number of benzene rings is 1. The zero-order chi connectivity index (χ0) is 17.3. The Bertz CT molecular complexity index is 601. The van der Waals surface area contributed by atoms with Crippen LogP contribution in [0.4, 0.5) is 4.39 Å². The SMILES string of the molecule is O=C(NC1CC1)C(NCC1CC2(CCOCC2)C1)c1ccc(F)cc1. The first-order valence-electron chi connectivity index (χ1n) is 9.51. The summed E-state index contributed by atoms with van der Waals surface area (Å²) in [5, 5.41) is 6.52. The summed E-state index contributed by atoms with van der Waals surface area (Å²) in [6, 6.07) is 6.20. The molecule has 1 atom stereocenters. The van der Waals surface area contributed by atoms with Crippen molar-refractivity contribution in [3.05, 3.63) is 35.6 Å². The van der Waals surface area contributed by atoms with Gasteiger partial charge in [-0.2, -0.15) is 0 Å². The standard InChI is InChI=1S/C20H27FN2O2/c21-16-3-1-15(2-4-16)18(19(24)23-17-5-6-17)22-13-14-11-20(12-14)7-9-25-10-8-20/h1-4,14,17-18,22H,5-13H2,(H,23,24). The molecular formula is C20H27FN2O2. The third kappa shape index (κ3) is 4.04. The van der Waals surface area contributed by atoms with Gasteiger partial charge in [0.25, 0.3) is 0 Å². The van der Waals surface area contributed by atoms with Gasteiger partial charge in [0.1, 0.15) is 11.9 Å². The molecule has 0 aromatic heterocycles. The third-order valence-electron chi connectivity index (χ3n) is 6.00. The van der Waals surface area contributed by atoms with Crippen LogP contribution in [-0.2, 0) is 9.53 Å². The molecule has 0 bridgehead atoms. The quantitative estimate of drug-likeness (QED) is 0.833. The first-order chi connectivity index (χ1) is 12.1. The van der Waals surface area contributed by atoms with Gasteiger partial charge in [0.2, 0.25) is 5.91 Å². The smallest absolute Gasteiger partial charge is 0.241 e. The van der Waals surface area contributed by atoms with E-state index in [1.807, 2.05) is 0 Å². The molecule has 1 aliphatic heterocycles. The van der Waals surface area contributed by atoms with Crippen LogP contribution in [0, 0.1) is 17.2 Å². The highest BCUT2D eigenvalue weighted by Crippen LogP contribution is 2.52. The van der Waals surface area contributed by atoms with E-state index in [4.69, 9.17) is 4.74 Å². The van der Waals surface area contributed by atoms with Crippen molar-refractivity contribution in [1.82, 2.24) is 10.6 Å². The van der Waals surface area contributed by atoms with Crippen LogP contribution in [0.5, 0.6) is 0 Å². The third-order valence-corrected chi connectivity index (χ3v) is 6.00. The number of carbonyl (C=O) groups excluding carboxylic acids is 1. The molecule has 1 aromatic carbocycles. The van der Waals surface area contributed by atoms with Gasteiger partial charge in [-0.05, 0) is 74.1 Å². The molecule has 1 aromatic rings. The summed E-state index contributed by atoms with van der Waals surface area (Å²) in [5.74, 6) is 0.356. The average Bonchev–Trinajstić information content (AvgIpc) is 3.40. The number of hydrogen-bond donors (Lipinski definition) is 2. The minimum absolute atomic E-state index is 0.00853. The van der Waals surface area contributed by atoms with E-state index in [0.29, 0.717) is 17.4 Å². The first kappa shape index (κ1) is 17.0. The molecule has 1 saturated heterocycles. The summed E-state index contributed by atoms with van der Waals surface area (Å²) >= 11 is 0. The van der Waals surface area contributed by atoms with E-state index in [2.05, 4.69) is 10.6 Å². The maximum Gasteiger partial charge on any atom is 0.241 e. The molecule has 5 heteroatoms. The van der Waals surface area contributed by atoms with Crippen LogP contribution in [-0.4, -0.2) is 31.7 Å². The second-order valence-electron chi connectivity index (χ2n) is 8.06. The summed E-state index contributed by atoms with van der Waals surface area (Å²) in [6.07, 6.45) is 6.93. The zero-order valence-corrected chi connectivity index (χ0v) is 14.6. The number of amides is 1. The van der Waals surface area contributed by atoms with E-state index in [-0.39, 0.29) is 11.7 Å². The van der Waals surface area contributed by atoms with Gasteiger partial charge in [-0.1, -0.05) is 12.1 Å². The van der Waals surface area contributed by atoms with Gasteiger partial charge in [0, 0.05) is 19.3 Å². The Hall–Kier alpha value is -1.46. The van der Waals surface area contributed by atoms with Crippen LogP contribution in [0.2, 0.25) is 0 Å². The van der Waals surface area contributed by atoms with Crippen molar-refractivity contribution in [2.75, 3.05) is 19.8 Å². The van der Waals surface area contributed by atoms with Crippen molar-refractivity contribution >= 4 is 5.91 Å². The van der Waals surface area contributed by atoms with E-state index < -0.39 is 6.04 Å². The number of rotatable bonds is 6. The predicted molar refractivity (Wildman–Crippen MR) is 93.5 cm³/mol. The average molecular weight is 346 g/mol. The van der Waals surface area contributed by atoms with Gasteiger partial charge in [0.05, 0.1) is 0 Å². The van der Waals surface area contributed by atoms with E-state index >= 15 is 0 Å². The summed E-state index contributed by atoms with van der Waals surface area (Å²) in [7, 11) is 0. The Morgan fingerprint density at radius 3 is 2.52 bits per heavy atom. The largest absolute Gasteiger partial charge is 0.381 e. The zero-order valence-electron chi connectivity index (χ0n) is 14.6. The number of ether oxygens (including phenoxy) is 1. The van der Waals surface area contributed by atoms with Crippen LogP contribution in [0.3, 0.4) is 0 Å². The lowest BCUT2D eigenvalue weighted by molar-refractivity contribution is -0.123. The van der Waals surface area contributed by atoms with Gasteiger partial charge in [0.15, 0.2) is 0 Å². The fourth-order valence-corrected chi connectivity index (χ4v) is 4.34. The molecule has 1 spiro atoms. The van der Waals surface area contributed by atoms with E-state index in [1.54, 1.807) is 12.1 Å². The summed E-state index contributed by atoms with van der Waals surface area (Å²) in [5.41, 5.74) is 1.33. The van der Waals surface area contributed by atoms with Crippen molar-refractivity contribution < 1.29 is 13.9 Å². The maximum atomic E-state index is 13.2. The summed E-state index contributed by atoms with van der Waals surface area (Å²) in [4.78, 5) is 12.6. The molecule has 4 rings (SSSR count). The highest BCUT2D eigenvalue weighted by atomic mass is 19.1. The molecule has 0 radical (unpaired) electrons. The van der Waals surface area contributed by atoms with Crippen LogP contribution < -0.4 is 10.6 Å². The Balaban J connectivity index is 1.35. The number of nitrogens with one attached hydrogen (secondary N) is 2. The Morgan fingerprint density at radius 1 is 1.20 bits per heavy atom. The lowest BCUT2D eigenvalue weighted by Crippen LogP contribution is -2.47. The maximum absolute atomic E-state index is 13.2. The molecule has 3 fully saturated rings. The highest BCUT2D eigenvalue weighted by molar-refractivity contribution is 5.83. The molecule has 2 saturated carbocycles. The van der Waals surface area contributed by atoms with Gasteiger partial charge in [-0.3, -0.25) is 4.79 Å². The molecule has 3 aliphatic rings. The van der Waals surface area contributed by atoms with E-state index in [9.17, 15) is 9.18 Å². The second-order valence-corrected chi connectivity index (χ2v) is 8.06. The Morgan fingerprint density at radius 2 is 1.88 bits per heavy atom. The molecular weight excluding hydrogens is 319 g/mol. The van der Waals surface area contributed by atoms with Crippen molar-refractivity contribution in [2.45, 2.75) is 50.6 Å². The van der Waals surface area contributed by atoms with E-state index in [0.717, 1.165) is 38.2 Å². The van der Waals surface area contributed by atoms with Gasteiger partial charge < -0.3 is 15.4 Å². The number of hydrogen-bond acceptors (Lipinski definition) is 3. The topological polar surface area (TPSA) is 50.4 Å². The van der Waals surface area contributed by atoms with Crippen molar-refractivity contribution in [1.29, 1.82) is 0 Å². The molecule has 1 heterocycles. The lowest BCUT2D eigenvalue weighted by atomic mass is 9.58. The van der Waals surface area contributed by atoms with Gasteiger partial charge >= 0.3 is 0 Å². The summed E-state index contributed by atoms with van der Waals surface area (Å²) < 4.78 is 18.7. The van der Waals surface area contributed by atoms with E-state index in [1.165, 1.54) is 37.8 Å². The monoisotopic (exact) mass is 346 g/mol. The number of halogens is 1. The molecule has 1 amide bonds. The van der Waals surface area contributed by atoms with Crippen LogP contribution >= 0.6 is 0 Å². The predicted octanol–water partition coefficient (Wildman–Crippen LogP) is 2.94. The summed E-state index contributed by atoms with van der Waals surface area (Å²) in [6.45, 7) is 2.62. The minimum atomic E-state index is -0.396. The fourth-order valence-electron chi connectivity index (χ4n) is 4.34. The van der Waals surface area contributed by atoms with Crippen molar-refractivity contribution in [3.8, 4) is 0 Å². The highest BCUT2D eigenvalue weighted by Gasteiger charge is 2.44. The molecule has 25 heavy (non-hydrogen) atoms. The van der Waals surface area contributed by atoms with Gasteiger partial charge in [-0.15, -0.1) is 0 Å². The second kappa shape index (κ2) is 7.04. The minimum Gasteiger partial charge on any atom is -0.381 e. The fraction of sp³-hybridized carbons (Fsp3) is 0.650. The normalized spacial score (nSPS) is 23.9. The van der Waals surface area contributed by atoms with Crippen LogP contribution in [0.1, 0.15) is 50.1 Å². The Kier molecular flexibility index (Phi) is 4.78. The molecule has 136 valence electrons. The van der Waals surface area contributed by atoms with Crippen LogP contribution in [0.25, 0.3) is 0 Å². The molecule has 2 aliphatic carbocycles. The van der Waals surface area contributed by atoms with Gasteiger partial charge in [-0.25, -0.2) is 4.39 Å². The van der Waals surface area contributed by atoms with Crippen molar-refractivity contribution in [3.63, 3.8) is 0 Å². The number of carbonyl (C=O) groups is 1.